The summed E-state index contributed by atoms with van der Waals surface area (Å²) >= 11 is 0. The van der Waals surface area contributed by atoms with E-state index in [4.69, 9.17) is 43.4 Å². The van der Waals surface area contributed by atoms with Gasteiger partial charge in [-0.05, 0) is 6.16 Å². The van der Waals surface area contributed by atoms with Crippen LogP contribution in [0.1, 0.15) is 0 Å². The molecule has 0 radical (unpaired) electrons. The molecule has 0 aromatic carbocycles. The van der Waals surface area contributed by atoms with Crippen LogP contribution in [-0.2, 0) is 28.4 Å². The minimum atomic E-state index is -2.33. The van der Waals surface area contributed by atoms with E-state index in [0.29, 0.717) is 79.3 Å². The molecule has 0 N–H and O–H groups in total. The Morgan fingerprint density at radius 1 is 0.478 bits per heavy atom. The number of hydrogen-bond acceptors (Lipinski definition) is 9. The van der Waals surface area contributed by atoms with Crippen LogP contribution in [0, 0.1) is 0 Å². The third-order valence-corrected chi connectivity index (χ3v) is 2.23. The Bertz CT molecular complexity index is 164. The molecule has 0 bridgehead atoms. The average molecular weight is 457 g/mol. The largest absolute Gasteiger partial charge is 1.00 e. The third kappa shape index (κ3) is 28.2. The van der Waals surface area contributed by atoms with Gasteiger partial charge in [0, 0.05) is 0 Å². The van der Waals surface area contributed by atoms with Crippen molar-refractivity contribution >= 4 is 6.16 Å². The number of rotatable bonds is 0. The Morgan fingerprint density at radius 3 is 0.652 bits per heavy atom. The monoisotopic (exact) mass is 457 g/mol. The van der Waals surface area contributed by atoms with Gasteiger partial charge in [-0.15, -0.1) is 0 Å². The average Bonchev–Trinajstić information content (AvgIpc) is 2.47. The van der Waals surface area contributed by atoms with E-state index in [1.54, 1.807) is 0 Å². The summed E-state index contributed by atoms with van der Waals surface area (Å²) in [5, 5.41) is 16.7. The van der Waals surface area contributed by atoms with Gasteiger partial charge in [-0.25, -0.2) is 0 Å². The molecule has 0 unspecified atom stereocenters. The second-order valence-corrected chi connectivity index (χ2v) is 3.92. The summed E-state index contributed by atoms with van der Waals surface area (Å²) in [6, 6.07) is 0. The quantitative estimate of drug-likeness (QED) is 0.352. The topological polar surface area (TPSA) is 119 Å². The molecule has 1 fully saturated rings. The van der Waals surface area contributed by atoms with E-state index in [-0.39, 0.29) is 68.9 Å². The maximum Gasteiger partial charge on any atom is 1.00 e. The Kier molecular flexibility index (Phi) is 26.4. The molecule has 0 atom stereocenters. The molecule has 1 rings (SSSR count). The number of carboxylic acid groups (broad SMARTS) is 2. The first-order chi connectivity index (χ1) is 10.7. The Morgan fingerprint density at radius 2 is 0.565 bits per heavy atom. The molecule has 132 valence electrons. The van der Waals surface area contributed by atoms with E-state index in [2.05, 4.69) is 0 Å². The fourth-order valence-electron chi connectivity index (χ4n) is 1.32. The van der Waals surface area contributed by atoms with Crippen LogP contribution in [0.15, 0.2) is 0 Å². The summed E-state index contributed by atoms with van der Waals surface area (Å²) in [6.45, 7) is 7.04. The molecule has 1 aliphatic heterocycles. The molecule has 0 aliphatic carbocycles. The van der Waals surface area contributed by atoms with Crippen molar-refractivity contribution in [2.45, 2.75) is 0 Å². The predicted octanol–water partition coefficient (Wildman–Crippen LogP) is -5.34. The van der Waals surface area contributed by atoms with Crippen LogP contribution >= 0.6 is 0 Å². The molecular weight excluding hydrogens is 433 g/mol. The van der Waals surface area contributed by atoms with Crippen LogP contribution in [0.2, 0.25) is 0 Å². The summed E-state index contributed by atoms with van der Waals surface area (Å²) in [4.78, 5) is 8.33. The SMILES string of the molecule is C1COCCOCCOCCOCCOCCO1.O=C([O-])[O-].[Cs+]. The van der Waals surface area contributed by atoms with Gasteiger partial charge in [0.1, 0.15) is 0 Å². The van der Waals surface area contributed by atoms with Gasteiger partial charge in [0.25, 0.3) is 0 Å². The molecule has 0 spiro atoms. The smallest absolute Gasteiger partial charge is 0.652 e. The van der Waals surface area contributed by atoms with Crippen molar-refractivity contribution in [2.75, 3.05) is 79.3 Å². The van der Waals surface area contributed by atoms with Crippen LogP contribution in [0.4, 0.5) is 4.79 Å². The van der Waals surface area contributed by atoms with E-state index in [9.17, 15) is 0 Å². The molecule has 10 heteroatoms. The van der Waals surface area contributed by atoms with Gasteiger partial charge in [-0.1, -0.05) is 0 Å². The van der Waals surface area contributed by atoms with Gasteiger partial charge in [0.2, 0.25) is 0 Å². The standard InChI is InChI=1S/C12H24O6.CH2O3.Cs/c1-2-14-5-6-16-9-10-18-12-11-17-8-7-15-4-3-13-1;2-1(3)4;/h1-12H2;(H2,2,3,4);/q;;+1/p-2. The first kappa shape index (κ1) is 26.3. The van der Waals surface area contributed by atoms with Crippen LogP contribution in [-0.4, -0.2) is 85.4 Å². The molecule has 1 saturated heterocycles. The van der Waals surface area contributed by atoms with Crippen molar-refractivity contribution in [3.63, 3.8) is 0 Å². The fraction of sp³-hybridized carbons (Fsp3) is 0.923. The van der Waals surface area contributed by atoms with Gasteiger partial charge in [0.15, 0.2) is 0 Å². The van der Waals surface area contributed by atoms with E-state index in [0.717, 1.165) is 0 Å². The van der Waals surface area contributed by atoms with Crippen LogP contribution in [0.5, 0.6) is 0 Å². The van der Waals surface area contributed by atoms with Crippen LogP contribution < -0.4 is 79.1 Å². The Labute approximate surface area is 195 Å². The van der Waals surface area contributed by atoms with E-state index in [1.807, 2.05) is 0 Å². The minimum Gasteiger partial charge on any atom is -0.652 e. The maximum absolute atomic E-state index is 8.33. The first-order valence-corrected chi connectivity index (χ1v) is 7.08. The summed E-state index contributed by atoms with van der Waals surface area (Å²) in [5.74, 6) is 0. The second kappa shape index (κ2) is 23.1. The number of hydrogen-bond donors (Lipinski definition) is 0. The van der Waals surface area contributed by atoms with Gasteiger partial charge >= 0.3 is 68.9 Å². The number of carbonyl (C=O) groups is 1. The van der Waals surface area contributed by atoms with Crippen LogP contribution in [0.25, 0.3) is 0 Å². The molecule has 0 aromatic heterocycles. The maximum atomic E-state index is 8.33. The van der Waals surface area contributed by atoms with Crippen molar-refractivity contribution in [2.24, 2.45) is 0 Å². The molecule has 1 heterocycles. The van der Waals surface area contributed by atoms with Crippen molar-refractivity contribution in [1.82, 2.24) is 0 Å². The summed E-state index contributed by atoms with van der Waals surface area (Å²) < 4.78 is 32.0. The predicted molar refractivity (Wildman–Crippen MR) is 70.3 cm³/mol. The molecule has 0 amide bonds. The molecule has 23 heavy (non-hydrogen) atoms. The van der Waals surface area contributed by atoms with E-state index < -0.39 is 6.16 Å². The number of carbonyl (C=O) groups excluding carboxylic acids is 1. The normalized spacial score (nSPS) is 19.8. The van der Waals surface area contributed by atoms with E-state index >= 15 is 0 Å². The van der Waals surface area contributed by atoms with Crippen molar-refractivity contribution in [3.8, 4) is 0 Å². The van der Waals surface area contributed by atoms with Gasteiger partial charge in [0.05, 0.1) is 79.3 Å². The first-order valence-electron chi connectivity index (χ1n) is 7.08. The molecule has 9 nitrogen and oxygen atoms in total. The zero-order valence-electron chi connectivity index (χ0n) is 13.7. The zero-order valence-corrected chi connectivity index (χ0v) is 19.9. The van der Waals surface area contributed by atoms with Gasteiger partial charge in [-0.2, -0.15) is 0 Å². The number of ether oxygens (including phenoxy) is 6. The van der Waals surface area contributed by atoms with Gasteiger partial charge in [-0.3, -0.25) is 0 Å². The van der Waals surface area contributed by atoms with Crippen molar-refractivity contribution in [1.29, 1.82) is 0 Å². The summed E-state index contributed by atoms with van der Waals surface area (Å²) in [7, 11) is 0. The molecule has 0 aromatic rings. The Balaban J connectivity index is 0. The Hall–Kier alpha value is 1.08. The van der Waals surface area contributed by atoms with Crippen LogP contribution in [0.3, 0.4) is 0 Å². The molecule has 1 aliphatic rings. The molecular formula is C13H24CsO9-. The summed E-state index contributed by atoms with van der Waals surface area (Å²) in [5.41, 5.74) is 0. The fourth-order valence-corrected chi connectivity index (χ4v) is 1.32. The van der Waals surface area contributed by atoms with Crippen molar-refractivity contribution in [3.05, 3.63) is 0 Å². The van der Waals surface area contributed by atoms with E-state index in [1.165, 1.54) is 0 Å². The third-order valence-electron chi connectivity index (χ3n) is 2.23. The zero-order chi connectivity index (χ0) is 16.3. The second-order valence-electron chi connectivity index (χ2n) is 3.92. The van der Waals surface area contributed by atoms with Gasteiger partial charge < -0.3 is 43.4 Å². The molecule has 0 saturated carbocycles. The summed E-state index contributed by atoms with van der Waals surface area (Å²) in [6.07, 6.45) is -2.33. The van der Waals surface area contributed by atoms with Crippen molar-refractivity contribution < 1.29 is 112 Å². The minimum absolute atomic E-state index is 0.